The molecule has 160 valence electrons. The number of nitrogens with one attached hydrogen (secondary N) is 1. The van der Waals surface area contributed by atoms with Crippen LogP contribution in [-0.4, -0.2) is 71.8 Å². The van der Waals surface area contributed by atoms with E-state index in [2.05, 4.69) is 27.3 Å². The van der Waals surface area contributed by atoms with E-state index in [9.17, 15) is 9.59 Å². The fourth-order valence-corrected chi connectivity index (χ4v) is 5.22. The fraction of sp³-hybridized carbons (Fsp3) is 0.500. The zero-order valence-corrected chi connectivity index (χ0v) is 18.7. The van der Waals surface area contributed by atoms with Crippen molar-refractivity contribution in [1.29, 1.82) is 0 Å². The molecular formula is C22H29N5O2S. The highest BCUT2D eigenvalue weighted by molar-refractivity contribution is 7.26. The van der Waals surface area contributed by atoms with Crippen molar-refractivity contribution in [3.8, 4) is 0 Å². The van der Waals surface area contributed by atoms with Crippen LogP contribution in [0.1, 0.15) is 25.1 Å². The molecule has 0 spiro atoms. The number of thiophene rings is 1. The molecule has 8 heteroatoms. The van der Waals surface area contributed by atoms with Gasteiger partial charge in [-0.3, -0.25) is 14.5 Å². The van der Waals surface area contributed by atoms with Crippen LogP contribution < -0.4 is 10.9 Å². The summed E-state index contributed by atoms with van der Waals surface area (Å²) in [6, 6.07) is 7.30. The first-order valence-corrected chi connectivity index (χ1v) is 11.4. The zero-order chi connectivity index (χ0) is 21.3. The van der Waals surface area contributed by atoms with Gasteiger partial charge in [0.25, 0.3) is 5.56 Å². The Kier molecular flexibility index (Phi) is 6.17. The highest BCUT2D eigenvalue weighted by Gasteiger charge is 2.24. The minimum atomic E-state index is -0.605. The van der Waals surface area contributed by atoms with E-state index >= 15 is 0 Å². The Balaban J connectivity index is 1.55. The molecule has 0 aliphatic carbocycles. The van der Waals surface area contributed by atoms with Crippen molar-refractivity contribution in [3.63, 3.8) is 0 Å². The number of likely N-dealkylation sites (N-methyl/N-ethyl adjacent to an activating group) is 1. The Hall–Kier alpha value is -2.29. The van der Waals surface area contributed by atoms with Crippen molar-refractivity contribution < 1.29 is 4.79 Å². The van der Waals surface area contributed by atoms with Crippen molar-refractivity contribution in [1.82, 2.24) is 24.9 Å². The molecule has 7 nitrogen and oxygen atoms in total. The minimum Gasteiger partial charge on any atom is -0.353 e. The number of piperazine rings is 1. The number of hydrogen-bond donors (Lipinski definition) is 1. The van der Waals surface area contributed by atoms with Gasteiger partial charge in [0.1, 0.15) is 6.04 Å². The first-order chi connectivity index (χ1) is 14.5. The molecular weight excluding hydrogens is 398 g/mol. The monoisotopic (exact) mass is 427 g/mol. The Morgan fingerprint density at radius 2 is 1.97 bits per heavy atom. The van der Waals surface area contributed by atoms with Gasteiger partial charge in [-0.1, -0.05) is 25.1 Å². The average Bonchev–Trinajstić information content (AvgIpc) is 3.14. The third-order valence-corrected chi connectivity index (χ3v) is 7.19. The lowest BCUT2D eigenvalue weighted by atomic mass is 10.1. The Morgan fingerprint density at radius 3 is 2.70 bits per heavy atom. The molecule has 30 heavy (non-hydrogen) atoms. The third-order valence-electron chi connectivity index (χ3n) is 5.91. The summed E-state index contributed by atoms with van der Waals surface area (Å²) in [6.45, 7) is 9.38. The molecule has 1 fully saturated rings. The van der Waals surface area contributed by atoms with Crippen LogP contribution in [0.25, 0.3) is 20.2 Å². The van der Waals surface area contributed by atoms with Gasteiger partial charge < -0.3 is 10.2 Å². The van der Waals surface area contributed by atoms with E-state index in [1.165, 1.54) is 4.68 Å². The number of nitrogens with zero attached hydrogens (tertiary/aromatic N) is 4. The number of carbonyl (C=O) groups is 1. The largest absolute Gasteiger partial charge is 0.353 e. The fourth-order valence-electron chi connectivity index (χ4n) is 4.09. The molecule has 1 aromatic carbocycles. The van der Waals surface area contributed by atoms with Crippen LogP contribution >= 0.6 is 11.3 Å². The molecule has 1 saturated heterocycles. The molecule has 1 atom stereocenters. The van der Waals surface area contributed by atoms with Gasteiger partial charge >= 0.3 is 0 Å². The number of rotatable bonds is 6. The van der Waals surface area contributed by atoms with E-state index in [-0.39, 0.29) is 11.5 Å². The summed E-state index contributed by atoms with van der Waals surface area (Å²) in [6.07, 6.45) is 0.514. The molecule has 3 aromatic rings. The number of benzene rings is 1. The smallest absolute Gasteiger partial charge is 0.276 e. The van der Waals surface area contributed by atoms with E-state index in [4.69, 9.17) is 0 Å². The first kappa shape index (κ1) is 21.0. The molecule has 1 aliphatic heterocycles. The van der Waals surface area contributed by atoms with Gasteiger partial charge in [0.15, 0.2) is 0 Å². The van der Waals surface area contributed by atoms with Crippen molar-refractivity contribution >= 4 is 37.4 Å². The summed E-state index contributed by atoms with van der Waals surface area (Å²) in [5.41, 5.74) is 0.601. The maximum absolute atomic E-state index is 13.3. The summed E-state index contributed by atoms with van der Waals surface area (Å²) in [5.74, 6) is -0.139. The van der Waals surface area contributed by atoms with Gasteiger partial charge in [-0.05, 0) is 26.5 Å². The van der Waals surface area contributed by atoms with Crippen LogP contribution in [0.2, 0.25) is 0 Å². The Bertz CT molecular complexity index is 1110. The van der Waals surface area contributed by atoms with Crippen molar-refractivity contribution in [2.45, 2.75) is 26.3 Å². The van der Waals surface area contributed by atoms with Crippen molar-refractivity contribution in [2.24, 2.45) is 0 Å². The first-order valence-electron chi connectivity index (χ1n) is 10.6. The minimum absolute atomic E-state index is 0.139. The van der Waals surface area contributed by atoms with Gasteiger partial charge in [-0.25, -0.2) is 4.68 Å². The maximum Gasteiger partial charge on any atom is 0.276 e. The predicted molar refractivity (Wildman–Crippen MR) is 122 cm³/mol. The van der Waals surface area contributed by atoms with E-state index in [0.717, 1.165) is 53.2 Å². The highest BCUT2D eigenvalue weighted by atomic mass is 32.1. The lowest BCUT2D eigenvalue weighted by Crippen LogP contribution is -2.47. The summed E-state index contributed by atoms with van der Waals surface area (Å²) in [5, 5.41) is 9.17. The maximum atomic E-state index is 13.3. The molecule has 2 aromatic heterocycles. The van der Waals surface area contributed by atoms with Gasteiger partial charge in [0, 0.05) is 49.4 Å². The lowest BCUT2D eigenvalue weighted by Gasteiger charge is -2.32. The SMILES string of the molecule is CC[C@H](C(=O)NCCN1CCN(C)CC1)n1nc(C)c2sc3ccccc3c2c1=O. The molecule has 4 rings (SSSR count). The van der Waals surface area contributed by atoms with Crippen LogP contribution in [0.3, 0.4) is 0 Å². The van der Waals surface area contributed by atoms with E-state index < -0.39 is 6.04 Å². The van der Waals surface area contributed by atoms with E-state index in [0.29, 0.717) is 18.4 Å². The van der Waals surface area contributed by atoms with E-state index in [1.807, 2.05) is 38.1 Å². The molecule has 1 aliphatic rings. The number of aryl methyl sites for hydroxylation is 1. The predicted octanol–water partition coefficient (Wildman–Crippen LogP) is 2.23. The molecule has 0 radical (unpaired) electrons. The van der Waals surface area contributed by atoms with Crippen molar-refractivity contribution in [3.05, 3.63) is 40.3 Å². The van der Waals surface area contributed by atoms with Gasteiger partial charge in [-0.15, -0.1) is 11.3 Å². The number of fused-ring (bicyclic) bond motifs is 3. The second-order valence-electron chi connectivity index (χ2n) is 8.00. The Labute approximate surface area is 180 Å². The second-order valence-corrected chi connectivity index (χ2v) is 9.05. The van der Waals surface area contributed by atoms with Crippen LogP contribution in [-0.2, 0) is 4.79 Å². The quantitative estimate of drug-likeness (QED) is 0.653. The number of hydrogen-bond acceptors (Lipinski definition) is 6. The number of amides is 1. The normalized spacial score (nSPS) is 16.9. The second kappa shape index (κ2) is 8.83. The van der Waals surface area contributed by atoms with Crippen LogP contribution in [0.15, 0.2) is 29.1 Å². The molecule has 0 unspecified atom stereocenters. The summed E-state index contributed by atoms with van der Waals surface area (Å²) < 4.78 is 3.36. The summed E-state index contributed by atoms with van der Waals surface area (Å²) in [4.78, 5) is 30.9. The van der Waals surface area contributed by atoms with Gasteiger partial charge in [0.05, 0.1) is 15.8 Å². The molecule has 3 heterocycles. The zero-order valence-electron chi connectivity index (χ0n) is 17.9. The summed E-state index contributed by atoms with van der Waals surface area (Å²) >= 11 is 1.58. The third kappa shape index (κ3) is 3.99. The van der Waals surface area contributed by atoms with Crippen LogP contribution in [0.4, 0.5) is 0 Å². The molecule has 1 amide bonds. The average molecular weight is 428 g/mol. The number of carbonyl (C=O) groups excluding carboxylic acids is 1. The standard InChI is InChI=1S/C22H29N5O2S/c1-4-17(21(28)23-9-10-26-13-11-25(3)12-14-26)27-22(29)19-16-7-5-6-8-18(16)30-20(19)15(2)24-27/h5-8,17H,4,9-14H2,1-3H3,(H,23,28)/t17-/m1/s1. The van der Waals surface area contributed by atoms with Crippen LogP contribution in [0.5, 0.6) is 0 Å². The highest BCUT2D eigenvalue weighted by Crippen LogP contribution is 2.33. The topological polar surface area (TPSA) is 70.5 Å². The van der Waals surface area contributed by atoms with Gasteiger partial charge in [-0.2, -0.15) is 5.10 Å². The molecule has 1 N–H and O–H groups in total. The number of aromatic nitrogens is 2. The lowest BCUT2D eigenvalue weighted by molar-refractivity contribution is -0.124. The summed E-state index contributed by atoms with van der Waals surface area (Å²) in [7, 11) is 2.13. The van der Waals surface area contributed by atoms with E-state index in [1.54, 1.807) is 11.3 Å². The van der Waals surface area contributed by atoms with Crippen molar-refractivity contribution in [2.75, 3.05) is 46.3 Å². The van der Waals surface area contributed by atoms with Crippen LogP contribution in [0, 0.1) is 6.92 Å². The molecule has 0 saturated carbocycles. The molecule has 0 bridgehead atoms. The van der Waals surface area contributed by atoms with Gasteiger partial charge in [0.2, 0.25) is 5.91 Å². The Morgan fingerprint density at radius 1 is 1.23 bits per heavy atom.